The molecule has 1 aliphatic rings. The maximum atomic E-state index is 14.2. The first-order chi connectivity index (χ1) is 16.7. The van der Waals surface area contributed by atoms with Crippen LogP contribution in [0, 0.1) is 5.41 Å². The van der Waals surface area contributed by atoms with E-state index in [4.69, 9.17) is 23.2 Å². The van der Waals surface area contributed by atoms with Gasteiger partial charge in [0.05, 0.1) is 23.9 Å². The molecule has 2 aromatic carbocycles. The molecule has 2 heterocycles. The molecule has 3 aromatic rings. The molecule has 4 unspecified atom stereocenters. The Bertz CT molecular complexity index is 1200. The van der Waals surface area contributed by atoms with Crippen molar-refractivity contribution in [3.8, 4) is 0 Å². The van der Waals surface area contributed by atoms with Crippen LogP contribution in [0.3, 0.4) is 0 Å². The maximum absolute atomic E-state index is 14.2. The number of halogens is 2. The number of carboxylic acids is 1. The van der Waals surface area contributed by atoms with Gasteiger partial charge in [-0.2, -0.15) is 0 Å². The number of carbonyl (C=O) groups is 2. The zero-order valence-electron chi connectivity index (χ0n) is 19.7. The van der Waals surface area contributed by atoms with E-state index in [0.717, 1.165) is 16.7 Å². The van der Waals surface area contributed by atoms with Gasteiger partial charge in [-0.25, -0.2) is 0 Å². The van der Waals surface area contributed by atoms with Gasteiger partial charge in [0.25, 0.3) is 0 Å². The summed E-state index contributed by atoms with van der Waals surface area (Å²) in [5, 5.41) is 11.0. The number of rotatable bonds is 7. The van der Waals surface area contributed by atoms with Crippen LogP contribution in [0.2, 0.25) is 10.0 Å². The van der Waals surface area contributed by atoms with Gasteiger partial charge in [0.1, 0.15) is 0 Å². The normalized spacial score (nSPS) is 23.2. The van der Waals surface area contributed by atoms with Crippen LogP contribution < -0.4 is 0 Å². The van der Waals surface area contributed by atoms with Crippen LogP contribution in [0.1, 0.15) is 67.8 Å². The van der Waals surface area contributed by atoms with E-state index < -0.39 is 11.4 Å². The van der Waals surface area contributed by atoms with Crippen LogP contribution in [-0.4, -0.2) is 26.9 Å². The van der Waals surface area contributed by atoms with Crippen LogP contribution in [0.4, 0.5) is 0 Å². The molecule has 4 atom stereocenters. The van der Waals surface area contributed by atoms with Gasteiger partial charge in [-0.05, 0) is 65.9 Å². The van der Waals surface area contributed by atoms with Crippen LogP contribution in [-0.2, 0) is 9.59 Å². The van der Waals surface area contributed by atoms with Gasteiger partial charge < -0.3 is 10.0 Å². The van der Waals surface area contributed by atoms with Crippen molar-refractivity contribution >= 4 is 35.1 Å². The summed E-state index contributed by atoms with van der Waals surface area (Å²) in [4.78, 5) is 32.2. The molecule has 35 heavy (non-hydrogen) atoms. The third-order valence-electron chi connectivity index (χ3n) is 6.95. The van der Waals surface area contributed by atoms with Crippen molar-refractivity contribution in [2.45, 2.75) is 51.1 Å². The molecule has 0 bridgehead atoms. The number of nitrogens with zero attached hydrogens (tertiary/aromatic N) is 2. The summed E-state index contributed by atoms with van der Waals surface area (Å²) in [6.07, 6.45) is 4.23. The van der Waals surface area contributed by atoms with Crippen molar-refractivity contribution in [1.29, 1.82) is 0 Å². The highest BCUT2D eigenvalue weighted by molar-refractivity contribution is 6.30. The molecule has 7 heteroatoms. The van der Waals surface area contributed by atoms with Gasteiger partial charge in [-0.1, -0.05) is 61.3 Å². The lowest BCUT2D eigenvalue weighted by Crippen LogP contribution is -2.53. The summed E-state index contributed by atoms with van der Waals surface area (Å²) < 4.78 is 0. The highest BCUT2D eigenvalue weighted by Crippen LogP contribution is 2.54. The molecule has 182 valence electrons. The molecular formula is C28H28Cl2N2O3. The van der Waals surface area contributed by atoms with Crippen LogP contribution in [0.25, 0.3) is 0 Å². The summed E-state index contributed by atoms with van der Waals surface area (Å²) in [5.41, 5.74) is 1.79. The third kappa shape index (κ3) is 5.21. The van der Waals surface area contributed by atoms with E-state index in [2.05, 4.69) is 4.98 Å². The van der Waals surface area contributed by atoms with Gasteiger partial charge in [0.15, 0.2) is 0 Å². The first-order valence-corrected chi connectivity index (χ1v) is 12.4. The Balaban J connectivity index is 1.95. The number of aliphatic carboxylic acids is 1. The standard InChI is InChI=1S/C28H28Cl2N2O3/c1-3-24(18-11-13-31-14-12-18)32-26(19-7-9-21(29)10-8-19)23(20-5-4-6-22(30)15-20)16-28(2,27(32)35)17-25(33)34/h4-15,23-24,26H,3,16-17H2,1-2H3,(H,33,34). The number of benzene rings is 2. The van der Waals surface area contributed by atoms with Gasteiger partial charge in [0, 0.05) is 28.4 Å². The minimum absolute atomic E-state index is 0.165. The quantitative estimate of drug-likeness (QED) is 0.368. The second kappa shape index (κ2) is 10.4. The number of amides is 1. The van der Waals surface area contributed by atoms with Crippen LogP contribution in [0.5, 0.6) is 0 Å². The molecule has 1 fully saturated rings. The number of carbonyl (C=O) groups excluding carboxylic acids is 1. The summed E-state index contributed by atoms with van der Waals surface area (Å²) in [5.74, 6) is -1.33. The van der Waals surface area contributed by atoms with Crippen molar-refractivity contribution < 1.29 is 14.7 Å². The van der Waals surface area contributed by atoms with Crippen molar-refractivity contribution in [2.24, 2.45) is 5.41 Å². The fraction of sp³-hybridized carbons (Fsp3) is 0.321. The lowest BCUT2D eigenvalue weighted by atomic mass is 9.66. The number of hydrogen-bond donors (Lipinski definition) is 1. The molecule has 1 aliphatic heterocycles. The lowest BCUT2D eigenvalue weighted by molar-refractivity contribution is -0.160. The molecule has 1 amide bonds. The smallest absolute Gasteiger partial charge is 0.304 e. The van der Waals surface area contributed by atoms with E-state index in [1.54, 1.807) is 19.3 Å². The Hall–Kier alpha value is -2.89. The molecule has 1 saturated heterocycles. The van der Waals surface area contributed by atoms with Gasteiger partial charge in [0.2, 0.25) is 5.91 Å². The molecule has 5 nitrogen and oxygen atoms in total. The highest BCUT2D eigenvalue weighted by atomic mass is 35.5. The van der Waals surface area contributed by atoms with Gasteiger partial charge >= 0.3 is 5.97 Å². The Morgan fingerprint density at radius 2 is 1.77 bits per heavy atom. The Kier molecular flexibility index (Phi) is 7.48. The number of aromatic nitrogens is 1. The highest BCUT2D eigenvalue weighted by Gasteiger charge is 2.52. The first-order valence-electron chi connectivity index (χ1n) is 11.7. The zero-order chi connectivity index (χ0) is 25.2. The van der Waals surface area contributed by atoms with E-state index >= 15 is 0 Å². The van der Waals surface area contributed by atoms with Crippen LogP contribution in [0.15, 0.2) is 73.1 Å². The lowest BCUT2D eigenvalue weighted by Gasteiger charge is -2.52. The van der Waals surface area contributed by atoms with E-state index in [1.165, 1.54) is 0 Å². The summed E-state index contributed by atoms with van der Waals surface area (Å²) in [6, 6.07) is 18.4. The topological polar surface area (TPSA) is 70.5 Å². The largest absolute Gasteiger partial charge is 0.481 e. The predicted molar refractivity (Wildman–Crippen MR) is 137 cm³/mol. The second-order valence-corrected chi connectivity index (χ2v) is 10.3. The third-order valence-corrected chi connectivity index (χ3v) is 7.43. The summed E-state index contributed by atoms with van der Waals surface area (Å²) in [6.45, 7) is 3.81. The molecule has 0 spiro atoms. The molecule has 0 saturated carbocycles. The molecule has 4 rings (SSSR count). The molecular weight excluding hydrogens is 483 g/mol. The van der Waals surface area contributed by atoms with E-state index in [0.29, 0.717) is 22.9 Å². The van der Waals surface area contributed by atoms with E-state index in [1.807, 2.05) is 72.5 Å². The summed E-state index contributed by atoms with van der Waals surface area (Å²) >= 11 is 12.6. The monoisotopic (exact) mass is 510 g/mol. The van der Waals surface area contributed by atoms with E-state index in [-0.39, 0.29) is 30.3 Å². The molecule has 1 aromatic heterocycles. The van der Waals surface area contributed by atoms with Crippen molar-refractivity contribution in [3.63, 3.8) is 0 Å². The second-order valence-electron chi connectivity index (χ2n) is 9.41. The summed E-state index contributed by atoms with van der Waals surface area (Å²) in [7, 11) is 0. The SMILES string of the molecule is CCC(c1ccncc1)N1C(=O)C(C)(CC(=O)O)CC(c2cccc(Cl)c2)C1c1ccc(Cl)cc1. The van der Waals surface area contributed by atoms with Crippen molar-refractivity contribution in [2.75, 3.05) is 0 Å². The van der Waals surface area contributed by atoms with Crippen molar-refractivity contribution in [1.82, 2.24) is 9.88 Å². The average Bonchev–Trinajstić information content (AvgIpc) is 2.83. The Morgan fingerprint density at radius 1 is 1.09 bits per heavy atom. The number of carboxylic acid groups (broad SMARTS) is 1. The molecule has 0 aliphatic carbocycles. The fourth-order valence-electron chi connectivity index (χ4n) is 5.40. The maximum Gasteiger partial charge on any atom is 0.304 e. The fourth-order valence-corrected chi connectivity index (χ4v) is 5.73. The predicted octanol–water partition coefficient (Wildman–Crippen LogP) is 7.08. The van der Waals surface area contributed by atoms with Gasteiger partial charge in [-0.15, -0.1) is 0 Å². The van der Waals surface area contributed by atoms with Gasteiger partial charge in [-0.3, -0.25) is 14.6 Å². The number of hydrogen-bond acceptors (Lipinski definition) is 3. The average molecular weight is 511 g/mol. The Morgan fingerprint density at radius 3 is 2.37 bits per heavy atom. The van der Waals surface area contributed by atoms with E-state index in [9.17, 15) is 14.7 Å². The molecule has 0 radical (unpaired) electrons. The zero-order valence-corrected chi connectivity index (χ0v) is 21.2. The first kappa shape index (κ1) is 25.2. The minimum atomic E-state index is -1.08. The minimum Gasteiger partial charge on any atom is -0.481 e. The molecule has 1 N–H and O–H groups in total. The number of likely N-dealkylation sites (tertiary alicyclic amines) is 1. The number of pyridine rings is 1. The van der Waals surface area contributed by atoms with Crippen LogP contribution >= 0.6 is 23.2 Å². The van der Waals surface area contributed by atoms with Crippen molar-refractivity contribution in [3.05, 3.63) is 99.8 Å². The Labute approximate surface area is 215 Å². The number of piperidine rings is 1.